The SMILES string of the molecule is CC(C)[C@@H](C)NC(=O)Nc1cc(Cl)ccc1CS(C)(=O)=O. The molecule has 0 bridgehead atoms. The van der Waals surface area contributed by atoms with Crippen molar-refractivity contribution in [3.63, 3.8) is 0 Å². The number of carbonyl (C=O) groups is 1. The van der Waals surface area contributed by atoms with Crippen LogP contribution in [0.4, 0.5) is 10.5 Å². The van der Waals surface area contributed by atoms with Gasteiger partial charge in [-0.1, -0.05) is 31.5 Å². The molecule has 7 heteroatoms. The van der Waals surface area contributed by atoms with Crippen molar-refractivity contribution >= 4 is 33.2 Å². The van der Waals surface area contributed by atoms with Crippen LogP contribution in [0.2, 0.25) is 5.02 Å². The first kappa shape index (κ1) is 17.8. The molecule has 2 amide bonds. The summed E-state index contributed by atoms with van der Waals surface area (Å²) < 4.78 is 22.9. The van der Waals surface area contributed by atoms with E-state index in [0.29, 0.717) is 22.2 Å². The molecule has 0 aliphatic carbocycles. The van der Waals surface area contributed by atoms with Crippen molar-refractivity contribution in [2.24, 2.45) is 5.92 Å². The summed E-state index contributed by atoms with van der Waals surface area (Å²) >= 11 is 5.91. The van der Waals surface area contributed by atoms with Crippen molar-refractivity contribution in [2.75, 3.05) is 11.6 Å². The molecule has 1 aromatic rings. The van der Waals surface area contributed by atoms with Crippen LogP contribution in [-0.2, 0) is 15.6 Å². The summed E-state index contributed by atoms with van der Waals surface area (Å²) in [7, 11) is -3.20. The molecule has 5 nitrogen and oxygen atoms in total. The van der Waals surface area contributed by atoms with Crippen LogP contribution in [0, 0.1) is 5.92 Å². The largest absolute Gasteiger partial charge is 0.335 e. The van der Waals surface area contributed by atoms with Gasteiger partial charge in [-0.05, 0) is 30.5 Å². The van der Waals surface area contributed by atoms with Gasteiger partial charge in [0.15, 0.2) is 9.84 Å². The molecule has 0 fully saturated rings. The zero-order valence-electron chi connectivity index (χ0n) is 12.6. The summed E-state index contributed by atoms with van der Waals surface area (Å²) in [6.07, 6.45) is 1.15. The molecule has 0 aliphatic heterocycles. The lowest BCUT2D eigenvalue weighted by Gasteiger charge is -2.19. The van der Waals surface area contributed by atoms with Crippen LogP contribution in [0.1, 0.15) is 26.3 Å². The Hall–Kier alpha value is -1.27. The minimum absolute atomic E-state index is 0.00235. The average Bonchev–Trinajstić information content (AvgIpc) is 2.30. The van der Waals surface area contributed by atoms with E-state index < -0.39 is 9.84 Å². The number of amides is 2. The average molecular weight is 333 g/mol. The third kappa shape index (κ3) is 6.35. The van der Waals surface area contributed by atoms with Crippen molar-refractivity contribution in [3.8, 4) is 0 Å². The second-order valence-corrected chi connectivity index (χ2v) is 8.08. The van der Waals surface area contributed by atoms with E-state index in [1.165, 1.54) is 0 Å². The van der Waals surface area contributed by atoms with Gasteiger partial charge in [-0.25, -0.2) is 13.2 Å². The molecular weight excluding hydrogens is 312 g/mol. The van der Waals surface area contributed by atoms with Crippen molar-refractivity contribution in [2.45, 2.75) is 32.6 Å². The Kier molecular flexibility index (Phi) is 6.04. The monoisotopic (exact) mass is 332 g/mol. The van der Waals surface area contributed by atoms with Crippen LogP contribution in [0.3, 0.4) is 0 Å². The number of urea groups is 1. The van der Waals surface area contributed by atoms with Gasteiger partial charge in [0.05, 0.1) is 5.75 Å². The molecule has 1 aromatic carbocycles. The van der Waals surface area contributed by atoms with Gasteiger partial charge in [0, 0.05) is 23.0 Å². The van der Waals surface area contributed by atoms with Crippen molar-refractivity contribution in [1.29, 1.82) is 0 Å². The molecule has 1 rings (SSSR count). The number of halogens is 1. The molecular formula is C14H21ClN2O3S. The maximum absolute atomic E-state index is 11.9. The Labute approximate surface area is 131 Å². The zero-order valence-corrected chi connectivity index (χ0v) is 14.2. The summed E-state index contributed by atoms with van der Waals surface area (Å²) in [5.41, 5.74) is 0.913. The van der Waals surface area contributed by atoms with Gasteiger partial charge in [0.25, 0.3) is 0 Å². The molecule has 118 valence electrons. The van der Waals surface area contributed by atoms with E-state index in [0.717, 1.165) is 6.26 Å². The summed E-state index contributed by atoms with van der Waals surface area (Å²) in [6.45, 7) is 5.90. The van der Waals surface area contributed by atoms with E-state index in [1.54, 1.807) is 18.2 Å². The Morgan fingerprint density at radius 2 is 1.90 bits per heavy atom. The molecule has 21 heavy (non-hydrogen) atoms. The minimum atomic E-state index is -3.20. The maximum Gasteiger partial charge on any atom is 0.319 e. The highest BCUT2D eigenvalue weighted by atomic mass is 35.5. The third-order valence-corrected chi connectivity index (χ3v) is 4.17. The fourth-order valence-electron chi connectivity index (χ4n) is 1.61. The molecule has 1 atom stereocenters. The van der Waals surface area contributed by atoms with E-state index in [9.17, 15) is 13.2 Å². The lowest BCUT2D eigenvalue weighted by Crippen LogP contribution is -2.39. The predicted molar refractivity (Wildman–Crippen MR) is 86.5 cm³/mol. The van der Waals surface area contributed by atoms with Crippen LogP contribution < -0.4 is 10.6 Å². The normalized spacial score (nSPS) is 13.0. The lowest BCUT2D eigenvalue weighted by atomic mass is 10.1. The van der Waals surface area contributed by atoms with E-state index in [2.05, 4.69) is 10.6 Å². The summed E-state index contributed by atoms with van der Waals surface area (Å²) in [5, 5.41) is 5.89. The first-order valence-electron chi connectivity index (χ1n) is 6.62. The van der Waals surface area contributed by atoms with Gasteiger partial charge in [0.2, 0.25) is 0 Å². The first-order valence-corrected chi connectivity index (χ1v) is 9.06. The Morgan fingerprint density at radius 1 is 1.29 bits per heavy atom. The first-order chi connectivity index (χ1) is 9.58. The van der Waals surface area contributed by atoms with E-state index in [4.69, 9.17) is 11.6 Å². The summed E-state index contributed by atoms with van der Waals surface area (Å²) in [4.78, 5) is 11.9. The van der Waals surface area contributed by atoms with E-state index in [1.807, 2.05) is 20.8 Å². The van der Waals surface area contributed by atoms with Gasteiger partial charge in [-0.2, -0.15) is 0 Å². The Bertz CT molecular complexity index is 615. The molecule has 0 radical (unpaired) electrons. The topological polar surface area (TPSA) is 75.3 Å². The molecule has 0 aliphatic rings. The molecule has 0 saturated heterocycles. The van der Waals surface area contributed by atoms with Crippen LogP contribution >= 0.6 is 11.6 Å². The highest BCUT2D eigenvalue weighted by molar-refractivity contribution is 7.89. The molecule has 0 unspecified atom stereocenters. The summed E-state index contributed by atoms with van der Waals surface area (Å²) in [6, 6.07) is 4.37. The number of carbonyl (C=O) groups excluding carboxylic acids is 1. The number of anilines is 1. The van der Waals surface area contributed by atoms with Gasteiger partial charge in [-0.3, -0.25) is 0 Å². The van der Waals surface area contributed by atoms with Crippen LogP contribution in [-0.4, -0.2) is 26.7 Å². The van der Waals surface area contributed by atoms with Crippen LogP contribution in [0.5, 0.6) is 0 Å². The molecule has 0 heterocycles. The maximum atomic E-state index is 11.9. The molecule has 2 N–H and O–H groups in total. The van der Waals surface area contributed by atoms with Crippen molar-refractivity contribution < 1.29 is 13.2 Å². The number of sulfone groups is 1. The van der Waals surface area contributed by atoms with Crippen molar-refractivity contribution in [1.82, 2.24) is 5.32 Å². The van der Waals surface area contributed by atoms with Crippen LogP contribution in [0.25, 0.3) is 0 Å². The summed E-state index contributed by atoms with van der Waals surface area (Å²) in [5.74, 6) is 0.144. The van der Waals surface area contributed by atoms with Gasteiger partial charge >= 0.3 is 6.03 Å². The molecule has 0 saturated carbocycles. The third-order valence-electron chi connectivity index (χ3n) is 3.10. The number of rotatable bonds is 5. The quantitative estimate of drug-likeness (QED) is 0.870. The second-order valence-electron chi connectivity index (χ2n) is 5.50. The van der Waals surface area contributed by atoms with E-state index in [-0.39, 0.29) is 17.8 Å². The van der Waals surface area contributed by atoms with Crippen LogP contribution in [0.15, 0.2) is 18.2 Å². The standard InChI is InChI=1S/C14H21ClN2O3S/c1-9(2)10(3)16-14(18)17-13-7-12(15)6-5-11(13)8-21(4,19)20/h5-7,9-10H,8H2,1-4H3,(H2,16,17,18)/t10-/m1/s1. The highest BCUT2D eigenvalue weighted by Crippen LogP contribution is 2.23. The lowest BCUT2D eigenvalue weighted by molar-refractivity contribution is 0.246. The van der Waals surface area contributed by atoms with Gasteiger partial charge < -0.3 is 10.6 Å². The zero-order chi connectivity index (χ0) is 16.2. The molecule has 0 aromatic heterocycles. The van der Waals surface area contributed by atoms with E-state index >= 15 is 0 Å². The smallest absolute Gasteiger partial charge is 0.319 e. The number of nitrogens with one attached hydrogen (secondary N) is 2. The van der Waals surface area contributed by atoms with Crippen molar-refractivity contribution in [3.05, 3.63) is 28.8 Å². The predicted octanol–water partition coefficient (Wildman–Crippen LogP) is 3.05. The fraction of sp³-hybridized carbons (Fsp3) is 0.500. The Morgan fingerprint density at radius 3 is 2.43 bits per heavy atom. The fourth-order valence-corrected chi connectivity index (χ4v) is 2.59. The number of hydrogen-bond donors (Lipinski definition) is 2. The number of hydrogen-bond acceptors (Lipinski definition) is 3. The highest BCUT2D eigenvalue weighted by Gasteiger charge is 2.14. The molecule has 0 spiro atoms. The Balaban J connectivity index is 2.91. The second kappa shape index (κ2) is 7.13. The minimum Gasteiger partial charge on any atom is -0.335 e. The van der Waals surface area contributed by atoms with Gasteiger partial charge in [0.1, 0.15) is 0 Å². The van der Waals surface area contributed by atoms with Gasteiger partial charge in [-0.15, -0.1) is 0 Å². The number of benzene rings is 1.